The summed E-state index contributed by atoms with van der Waals surface area (Å²) in [6.07, 6.45) is 5.19. The lowest BCUT2D eigenvalue weighted by atomic mass is 9.92. The first kappa shape index (κ1) is 12.4. The molecule has 0 aromatic carbocycles. The summed E-state index contributed by atoms with van der Waals surface area (Å²) < 4.78 is 0. The fraction of sp³-hybridized carbons (Fsp3) is 0.667. The maximum atomic E-state index is 6.09. The summed E-state index contributed by atoms with van der Waals surface area (Å²) in [5.41, 5.74) is 0.420. The lowest BCUT2D eigenvalue weighted by Gasteiger charge is -2.18. The average Bonchev–Trinajstić information content (AvgIpc) is 2.61. The van der Waals surface area contributed by atoms with Crippen molar-refractivity contribution in [2.45, 2.75) is 39.2 Å². The van der Waals surface area contributed by atoms with Gasteiger partial charge in [0.25, 0.3) is 0 Å². The van der Waals surface area contributed by atoms with E-state index in [4.69, 9.17) is 11.6 Å². The highest BCUT2D eigenvalue weighted by Gasteiger charge is 2.31. The van der Waals surface area contributed by atoms with E-state index in [1.165, 1.54) is 12.8 Å². The summed E-state index contributed by atoms with van der Waals surface area (Å²) in [5, 5.41) is 6.91. The molecule has 5 heteroatoms. The topological polar surface area (TPSA) is 49.8 Å². The van der Waals surface area contributed by atoms with Crippen LogP contribution in [0.2, 0.25) is 5.02 Å². The number of nitrogens with zero attached hydrogens (tertiary/aromatic N) is 2. The lowest BCUT2D eigenvalue weighted by molar-refractivity contribution is 0.378. The molecule has 1 atom stereocenters. The molecule has 1 aliphatic rings. The zero-order valence-electron chi connectivity index (χ0n) is 10.5. The molecule has 1 heterocycles. The summed E-state index contributed by atoms with van der Waals surface area (Å²) in [7, 11) is 1.80. The van der Waals surface area contributed by atoms with E-state index >= 15 is 0 Å². The van der Waals surface area contributed by atoms with E-state index in [9.17, 15) is 0 Å². The van der Waals surface area contributed by atoms with Crippen LogP contribution in [-0.2, 0) is 0 Å². The Bertz CT molecular complexity index is 405. The predicted molar refractivity (Wildman–Crippen MR) is 71.6 cm³/mol. The van der Waals surface area contributed by atoms with E-state index in [1.54, 1.807) is 13.2 Å². The maximum Gasteiger partial charge on any atom is 0.224 e. The zero-order chi connectivity index (χ0) is 12.5. The summed E-state index contributed by atoms with van der Waals surface area (Å²) in [4.78, 5) is 8.40. The van der Waals surface area contributed by atoms with Gasteiger partial charge in [-0.15, -0.1) is 0 Å². The number of hydrogen-bond acceptors (Lipinski definition) is 4. The Kier molecular flexibility index (Phi) is 3.43. The van der Waals surface area contributed by atoms with Crippen LogP contribution in [0.25, 0.3) is 0 Å². The fourth-order valence-corrected chi connectivity index (χ4v) is 2.49. The predicted octanol–water partition coefficient (Wildman–Crippen LogP) is 3.16. The molecule has 0 amide bonds. The molecular weight excluding hydrogens is 236 g/mol. The standard InChI is InChI=1S/C12H19ClN4/c1-12(2)5-4-8(6-12)16-10-9(13)7-15-11(14-3)17-10/h7-8H,4-6H2,1-3H3,(H2,14,15,16,17). The highest BCUT2D eigenvalue weighted by molar-refractivity contribution is 6.32. The van der Waals surface area contributed by atoms with E-state index in [0.717, 1.165) is 12.2 Å². The first-order chi connectivity index (χ1) is 8.00. The van der Waals surface area contributed by atoms with Crippen LogP contribution in [0.5, 0.6) is 0 Å². The summed E-state index contributed by atoms with van der Waals surface area (Å²) in [5.74, 6) is 1.32. The SMILES string of the molecule is CNc1ncc(Cl)c(NC2CCC(C)(C)C2)n1. The average molecular weight is 255 g/mol. The second-order valence-corrected chi connectivity index (χ2v) is 5.80. The fourth-order valence-electron chi connectivity index (χ4n) is 2.34. The molecule has 1 fully saturated rings. The van der Waals surface area contributed by atoms with Crippen LogP contribution in [0.4, 0.5) is 11.8 Å². The highest BCUT2D eigenvalue weighted by atomic mass is 35.5. The van der Waals surface area contributed by atoms with Gasteiger partial charge in [-0.1, -0.05) is 25.4 Å². The van der Waals surface area contributed by atoms with E-state index in [1.807, 2.05) is 0 Å². The van der Waals surface area contributed by atoms with E-state index in [0.29, 0.717) is 22.4 Å². The molecule has 94 valence electrons. The summed E-state index contributed by atoms with van der Waals surface area (Å²) >= 11 is 6.09. The summed E-state index contributed by atoms with van der Waals surface area (Å²) in [6.45, 7) is 4.60. The third kappa shape index (κ3) is 3.00. The zero-order valence-corrected chi connectivity index (χ0v) is 11.3. The number of halogens is 1. The van der Waals surface area contributed by atoms with E-state index in [2.05, 4.69) is 34.4 Å². The maximum absolute atomic E-state index is 6.09. The normalized spacial score (nSPS) is 22.5. The number of aromatic nitrogens is 2. The van der Waals surface area contributed by atoms with Gasteiger partial charge in [-0.3, -0.25) is 0 Å². The lowest BCUT2D eigenvalue weighted by Crippen LogP contribution is -2.19. The van der Waals surface area contributed by atoms with Crippen molar-refractivity contribution in [3.05, 3.63) is 11.2 Å². The Morgan fingerprint density at radius 3 is 2.82 bits per heavy atom. The molecule has 2 N–H and O–H groups in total. The van der Waals surface area contributed by atoms with Crippen LogP contribution >= 0.6 is 11.6 Å². The van der Waals surface area contributed by atoms with Gasteiger partial charge in [0, 0.05) is 13.1 Å². The minimum Gasteiger partial charge on any atom is -0.366 e. The molecule has 0 bridgehead atoms. The molecular formula is C12H19ClN4. The third-order valence-electron chi connectivity index (χ3n) is 3.28. The number of hydrogen-bond donors (Lipinski definition) is 2. The van der Waals surface area contributed by atoms with Gasteiger partial charge in [0.05, 0.1) is 6.20 Å². The number of anilines is 2. The van der Waals surface area contributed by atoms with Crippen LogP contribution in [-0.4, -0.2) is 23.1 Å². The molecule has 1 aromatic heterocycles. The van der Waals surface area contributed by atoms with Crippen LogP contribution in [0.3, 0.4) is 0 Å². The van der Waals surface area contributed by atoms with Crippen molar-refractivity contribution in [2.75, 3.05) is 17.7 Å². The smallest absolute Gasteiger partial charge is 0.224 e. The second-order valence-electron chi connectivity index (χ2n) is 5.39. The minimum absolute atomic E-state index is 0.420. The largest absolute Gasteiger partial charge is 0.366 e. The van der Waals surface area contributed by atoms with Crippen molar-refractivity contribution in [1.29, 1.82) is 0 Å². The van der Waals surface area contributed by atoms with Crippen molar-refractivity contribution < 1.29 is 0 Å². The van der Waals surface area contributed by atoms with Gasteiger partial charge in [0.15, 0.2) is 5.82 Å². The third-order valence-corrected chi connectivity index (χ3v) is 3.55. The first-order valence-corrected chi connectivity index (χ1v) is 6.35. The van der Waals surface area contributed by atoms with Gasteiger partial charge >= 0.3 is 0 Å². The van der Waals surface area contributed by atoms with Gasteiger partial charge in [-0.2, -0.15) is 4.98 Å². The Morgan fingerprint density at radius 2 is 2.24 bits per heavy atom. The minimum atomic E-state index is 0.420. The molecule has 2 rings (SSSR count). The van der Waals surface area contributed by atoms with Crippen molar-refractivity contribution >= 4 is 23.4 Å². The van der Waals surface area contributed by atoms with Gasteiger partial charge in [0.2, 0.25) is 5.95 Å². The Balaban J connectivity index is 2.08. The molecule has 0 aliphatic heterocycles. The van der Waals surface area contributed by atoms with Gasteiger partial charge in [-0.25, -0.2) is 4.98 Å². The van der Waals surface area contributed by atoms with E-state index < -0.39 is 0 Å². The van der Waals surface area contributed by atoms with Crippen molar-refractivity contribution in [2.24, 2.45) is 5.41 Å². The van der Waals surface area contributed by atoms with Gasteiger partial charge < -0.3 is 10.6 Å². The molecule has 1 saturated carbocycles. The summed E-state index contributed by atoms with van der Waals surface area (Å²) in [6, 6.07) is 0.460. The quantitative estimate of drug-likeness (QED) is 0.870. The van der Waals surface area contributed by atoms with Crippen LogP contribution in [0.15, 0.2) is 6.20 Å². The Hall–Kier alpha value is -1.03. The van der Waals surface area contributed by atoms with Crippen molar-refractivity contribution in [1.82, 2.24) is 9.97 Å². The number of rotatable bonds is 3. The van der Waals surface area contributed by atoms with E-state index in [-0.39, 0.29) is 0 Å². The van der Waals surface area contributed by atoms with Gasteiger partial charge in [-0.05, 0) is 24.7 Å². The molecule has 0 saturated heterocycles. The molecule has 0 radical (unpaired) electrons. The molecule has 0 spiro atoms. The molecule has 4 nitrogen and oxygen atoms in total. The molecule has 1 aliphatic carbocycles. The van der Waals surface area contributed by atoms with Gasteiger partial charge in [0.1, 0.15) is 5.02 Å². The molecule has 17 heavy (non-hydrogen) atoms. The Morgan fingerprint density at radius 1 is 1.47 bits per heavy atom. The number of nitrogens with one attached hydrogen (secondary N) is 2. The van der Waals surface area contributed by atoms with Crippen molar-refractivity contribution in [3.63, 3.8) is 0 Å². The second kappa shape index (κ2) is 4.69. The molecule has 1 unspecified atom stereocenters. The van der Waals surface area contributed by atoms with Crippen molar-refractivity contribution in [3.8, 4) is 0 Å². The first-order valence-electron chi connectivity index (χ1n) is 5.97. The Labute approximate surface area is 107 Å². The van der Waals surface area contributed by atoms with Crippen LogP contribution in [0, 0.1) is 5.41 Å². The molecule has 1 aromatic rings. The monoisotopic (exact) mass is 254 g/mol. The van der Waals surface area contributed by atoms with Crippen LogP contribution in [0.1, 0.15) is 33.1 Å². The highest BCUT2D eigenvalue weighted by Crippen LogP contribution is 2.38. The van der Waals surface area contributed by atoms with Crippen LogP contribution < -0.4 is 10.6 Å².